The predicted molar refractivity (Wildman–Crippen MR) is 68.2 cm³/mol. The number of hydrogen-bond acceptors (Lipinski definition) is 5. The summed E-state index contributed by atoms with van der Waals surface area (Å²) in [6.45, 7) is 1.76. The van der Waals surface area contributed by atoms with Crippen LogP contribution in [0.4, 0.5) is 0 Å². The molecule has 1 atom stereocenters. The van der Waals surface area contributed by atoms with E-state index in [0.717, 1.165) is 4.47 Å². The van der Waals surface area contributed by atoms with Gasteiger partial charge in [0, 0.05) is 6.42 Å². The van der Waals surface area contributed by atoms with Gasteiger partial charge in [-0.15, -0.1) is 0 Å². The number of aliphatic hydroxyl groups is 1. The van der Waals surface area contributed by atoms with Crippen molar-refractivity contribution >= 4 is 27.8 Å². The first kappa shape index (κ1) is 13.7. The second-order valence-electron chi connectivity index (χ2n) is 3.94. The molecule has 7 heteroatoms. The fraction of sp³-hybridized carbons (Fsp3) is 0.333. The van der Waals surface area contributed by atoms with Crippen molar-refractivity contribution in [2.45, 2.75) is 19.4 Å². The van der Waals surface area contributed by atoms with E-state index in [1.807, 2.05) is 0 Å². The molecule has 1 aromatic rings. The van der Waals surface area contributed by atoms with Crippen LogP contribution in [0, 0.1) is 0 Å². The number of esters is 1. The first-order valence-electron chi connectivity index (χ1n) is 5.67. The van der Waals surface area contributed by atoms with Crippen LogP contribution in [-0.4, -0.2) is 23.6 Å². The quantitative estimate of drug-likeness (QED) is 0.653. The Hall–Kier alpha value is -1.76. The molecule has 0 aliphatic carbocycles. The van der Waals surface area contributed by atoms with Gasteiger partial charge in [0.05, 0.1) is 17.1 Å². The number of furan rings is 1. The monoisotopic (exact) mass is 329 g/mol. The summed E-state index contributed by atoms with van der Waals surface area (Å²) in [5, 5.41) is 12.4. The van der Waals surface area contributed by atoms with Crippen molar-refractivity contribution < 1.29 is 23.8 Å². The van der Waals surface area contributed by atoms with Gasteiger partial charge in [-0.3, -0.25) is 4.79 Å². The van der Waals surface area contributed by atoms with Crippen molar-refractivity contribution in [1.82, 2.24) is 5.32 Å². The van der Waals surface area contributed by atoms with Gasteiger partial charge in [-0.2, -0.15) is 0 Å². The Balaban J connectivity index is 2.22. The van der Waals surface area contributed by atoms with Gasteiger partial charge >= 0.3 is 5.97 Å². The Kier molecular flexibility index (Phi) is 3.94. The van der Waals surface area contributed by atoms with E-state index in [1.165, 1.54) is 6.26 Å². The van der Waals surface area contributed by atoms with Crippen LogP contribution in [-0.2, 0) is 14.3 Å². The predicted octanol–water partition coefficient (Wildman–Crippen LogP) is 1.98. The summed E-state index contributed by atoms with van der Waals surface area (Å²) in [5.41, 5.74) is -0.344. The number of amides is 1. The molecule has 1 unspecified atom stereocenters. The molecule has 1 amide bonds. The first-order chi connectivity index (χ1) is 9.02. The fourth-order valence-corrected chi connectivity index (χ4v) is 2.12. The van der Waals surface area contributed by atoms with Crippen LogP contribution >= 0.6 is 15.9 Å². The van der Waals surface area contributed by atoms with E-state index in [9.17, 15) is 14.7 Å². The highest BCUT2D eigenvalue weighted by molar-refractivity contribution is 9.10. The molecule has 1 aliphatic heterocycles. The zero-order valence-electron chi connectivity index (χ0n) is 10.1. The van der Waals surface area contributed by atoms with Crippen LogP contribution in [0.25, 0.3) is 0 Å². The maximum atomic E-state index is 11.8. The summed E-state index contributed by atoms with van der Waals surface area (Å²) in [6, 6.07) is 1.19. The minimum Gasteiger partial charge on any atom is -0.511 e. The van der Waals surface area contributed by atoms with Gasteiger partial charge in [0.2, 0.25) is 0 Å². The highest BCUT2D eigenvalue weighted by Gasteiger charge is 2.34. The van der Waals surface area contributed by atoms with Crippen LogP contribution in [0.2, 0.25) is 0 Å². The molecular formula is C12H12BrNO5. The average Bonchev–Trinajstić information content (AvgIpc) is 2.75. The van der Waals surface area contributed by atoms with Crippen molar-refractivity contribution in [3.63, 3.8) is 0 Å². The normalized spacial score (nSPS) is 19.3. The Morgan fingerprint density at radius 1 is 1.68 bits per heavy atom. The van der Waals surface area contributed by atoms with Crippen LogP contribution in [0.5, 0.6) is 0 Å². The largest absolute Gasteiger partial charge is 0.511 e. The standard InChI is InChI=1S/C12H12BrNO5/c1-2-18-12(17)10-8(15)4-7(14-11(10)16)9-3-6(13)5-19-9/h3,5,7,15H,2,4H2,1H3,(H,14,16). The van der Waals surface area contributed by atoms with Crippen LogP contribution in [0.3, 0.4) is 0 Å². The Bertz CT molecular complexity index is 548. The van der Waals surface area contributed by atoms with E-state index < -0.39 is 17.9 Å². The molecule has 1 aliphatic rings. The SMILES string of the molecule is CCOC(=O)C1=C(O)CC(c2cc(Br)co2)NC1=O. The van der Waals surface area contributed by atoms with Crippen LogP contribution in [0.15, 0.2) is 32.6 Å². The summed E-state index contributed by atoms with van der Waals surface area (Å²) in [7, 11) is 0. The van der Waals surface area contributed by atoms with Crippen molar-refractivity contribution in [2.24, 2.45) is 0 Å². The van der Waals surface area contributed by atoms with Gasteiger partial charge in [0.15, 0.2) is 5.57 Å². The van der Waals surface area contributed by atoms with Gasteiger partial charge in [0.1, 0.15) is 17.8 Å². The summed E-state index contributed by atoms with van der Waals surface area (Å²) in [6.07, 6.45) is 1.56. The van der Waals surface area contributed by atoms with E-state index in [4.69, 9.17) is 9.15 Å². The van der Waals surface area contributed by atoms with E-state index in [1.54, 1.807) is 13.0 Å². The zero-order chi connectivity index (χ0) is 14.0. The van der Waals surface area contributed by atoms with Crippen LogP contribution in [0.1, 0.15) is 25.1 Å². The lowest BCUT2D eigenvalue weighted by atomic mass is 10.0. The van der Waals surface area contributed by atoms with Crippen molar-refractivity contribution in [3.05, 3.63) is 33.9 Å². The summed E-state index contributed by atoms with van der Waals surface area (Å²) >= 11 is 3.23. The van der Waals surface area contributed by atoms with Crippen LogP contribution < -0.4 is 5.32 Å². The molecule has 2 N–H and O–H groups in total. The van der Waals surface area contributed by atoms with Crippen molar-refractivity contribution in [1.29, 1.82) is 0 Å². The molecule has 0 fully saturated rings. The highest BCUT2D eigenvalue weighted by atomic mass is 79.9. The summed E-state index contributed by atoms with van der Waals surface area (Å²) in [4.78, 5) is 23.4. The molecule has 19 heavy (non-hydrogen) atoms. The van der Waals surface area contributed by atoms with Crippen molar-refractivity contribution in [2.75, 3.05) is 6.61 Å². The lowest BCUT2D eigenvalue weighted by molar-refractivity contribution is -0.141. The Labute approximate surface area is 117 Å². The third kappa shape index (κ3) is 2.81. The first-order valence-corrected chi connectivity index (χ1v) is 6.46. The van der Waals surface area contributed by atoms with Gasteiger partial charge in [-0.1, -0.05) is 0 Å². The maximum absolute atomic E-state index is 11.8. The molecule has 0 radical (unpaired) electrons. The van der Waals surface area contributed by atoms with E-state index >= 15 is 0 Å². The molecule has 6 nitrogen and oxygen atoms in total. The lowest BCUT2D eigenvalue weighted by Crippen LogP contribution is -2.38. The minimum atomic E-state index is -0.823. The lowest BCUT2D eigenvalue weighted by Gasteiger charge is -2.22. The molecule has 0 spiro atoms. The maximum Gasteiger partial charge on any atom is 0.347 e. The Morgan fingerprint density at radius 3 is 2.95 bits per heavy atom. The molecule has 0 saturated carbocycles. The number of ether oxygens (including phenoxy) is 1. The molecule has 0 saturated heterocycles. The number of nitrogens with one attached hydrogen (secondary N) is 1. The third-order valence-electron chi connectivity index (χ3n) is 2.63. The average molecular weight is 330 g/mol. The van der Waals surface area contributed by atoms with E-state index in [-0.39, 0.29) is 24.4 Å². The molecule has 0 bridgehead atoms. The zero-order valence-corrected chi connectivity index (χ0v) is 11.7. The molecule has 0 aromatic carbocycles. The number of rotatable bonds is 3. The smallest absolute Gasteiger partial charge is 0.347 e. The van der Waals surface area contributed by atoms with E-state index in [0.29, 0.717) is 5.76 Å². The topological polar surface area (TPSA) is 88.8 Å². The molecule has 2 rings (SSSR count). The Morgan fingerprint density at radius 2 is 2.42 bits per heavy atom. The minimum absolute atomic E-state index is 0.0832. The number of carbonyl (C=O) groups excluding carboxylic acids is 2. The summed E-state index contributed by atoms with van der Waals surface area (Å²) in [5.74, 6) is -1.29. The van der Waals surface area contributed by atoms with E-state index in [2.05, 4.69) is 21.2 Å². The molecule has 1 aromatic heterocycles. The molecular weight excluding hydrogens is 318 g/mol. The molecule has 2 heterocycles. The third-order valence-corrected chi connectivity index (χ3v) is 3.05. The number of carbonyl (C=O) groups is 2. The highest BCUT2D eigenvalue weighted by Crippen LogP contribution is 2.29. The number of halogens is 1. The van der Waals surface area contributed by atoms with Gasteiger partial charge in [-0.25, -0.2) is 4.79 Å². The number of hydrogen-bond donors (Lipinski definition) is 2. The second kappa shape index (κ2) is 5.48. The van der Waals surface area contributed by atoms with Gasteiger partial charge in [-0.05, 0) is 28.9 Å². The fourth-order valence-electron chi connectivity index (χ4n) is 1.80. The number of aliphatic hydroxyl groups excluding tert-OH is 1. The van der Waals surface area contributed by atoms with Gasteiger partial charge < -0.3 is 19.6 Å². The van der Waals surface area contributed by atoms with Gasteiger partial charge in [0.25, 0.3) is 5.91 Å². The summed E-state index contributed by atoms with van der Waals surface area (Å²) < 4.78 is 10.7. The second-order valence-corrected chi connectivity index (χ2v) is 4.86. The molecule has 102 valence electrons. The van der Waals surface area contributed by atoms with Crippen molar-refractivity contribution in [3.8, 4) is 0 Å².